The number of nitrogens with zero attached hydrogens (tertiary/aromatic N) is 1. The van der Waals surface area contributed by atoms with E-state index in [4.69, 9.17) is 28.3 Å². The van der Waals surface area contributed by atoms with Gasteiger partial charge in [0.2, 0.25) is 0 Å². The summed E-state index contributed by atoms with van der Waals surface area (Å²) < 4.78 is 0. The Bertz CT molecular complexity index is 461. The molecule has 17 heavy (non-hydrogen) atoms. The second-order valence-electron chi connectivity index (χ2n) is 3.65. The highest BCUT2D eigenvalue weighted by Gasteiger charge is 2.35. The van der Waals surface area contributed by atoms with E-state index >= 15 is 0 Å². The number of carbonyl (C=O) groups excluding carboxylic acids is 2. The standard InChI is InChI=1S/C11H9Cl2NO3/c12-8-4-6-7(5-9(8)13)11(17)14(10(6)16)2-1-3-15/h4-5,15H,1-3H2. The molecule has 0 atom stereocenters. The lowest BCUT2D eigenvalue weighted by Gasteiger charge is -2.11. The molecule has 6 heteroatoms. The first-order valence-corrected chi connectivity index (χ1v) is 5.78. The van der Waals surface area contributed by atoms with Crippen molar-refractivity contribution in [2.75, 3.05) is 13.2 Å². The number of benzene rings is 1. The Morgan fingerprint density at radius 2 is 1.53 bits per heavy atom. The maximum Gasteiger partial charge on any atom is 0.261 e. The average Bonchev–Trinajstić information content (AvgIpc) is 2.51. The van der Waals surface area contributed by atoms with E-state index in [-0.39, 0.29) is 34.3 Å². The molecule has 0 aromatic heterocycles. The minimum Gasteiger partial charge on any atom is -0.396 e. The SMILES string of the molecule is O=C1c2cc(Cl)c(Cl)cc2C(=O)N1CCCO. The van der Waals surface area contributed by atoms with Crippen molar-refractivity contribution in [3.63, 3.8) is 0 Å². The topological polar surface area (TPSA) is 57.6 Å². The highest BCUT2D eigenvalue weighted by Crippen LogP contribution is 2.31. The summed E-state index contributed by atoms with van der Waals surface area (Å²) in [6, 6.07) is 2.80. The molecule has 4 nitrogen and oxygen atoms in total. The monoisotopic (exact) mass is 273 g/mol. The van der Waals surface area contributed by atoms with Gasteiger partial charge in [-0.2, -0.15) is 0 Å². The van der Waals surface area contributed by atoms with Gasteiger partial charge in [-0.15, -0.1) is 0 Å². The Morgan fingerprint density at radius 3 is 1.94 bits per heavy atom. The predicted molar refractivity (Wildman–Crippen MR) is 63.5 cm³/mol. The van der Waals surface area contributed by atoms with Gasteiger partial charge in [-0.3, -0.25) is 14.5 Å². The summed E-state index contributed by atoms with van der Waals surface area (Å²) in [6.07, 6.45) is 0.354. The number of aliphatic hydroxyl groups is 1. The fourth-order valence-corrected chi connectivity index (χ4v) is 2.04. The Balaban J connectivity index is 2.39. The molecule has 2 amide bonds. The molecule has 90 valence electrons. The van der Waals surface area contributed by atoms with Crippen LogP contribution < -0.4 is 0 Å². The van der Waals surface area contributed by atoms with E-state index in [1.807, 2.05) is 0 Å². The first-order chi connectivity index (χ1) is 8.06. The Morgan fingerprint density at radius 1 is 1.06 bits per heavy atom. The lowest BCUT2D eigenvalue weighted by atomic mass is 10.1. The lowest BCUT2D eigenvalue weighted by Crippen LogP contribution is -2.31. The smallest absolute Gasteiger partial charge is 0.261 e. The number of halogens is 2. The maximum absolute atomic E-state index is 11.9. The zero-order valence-electron chi connectivity index (χ0n) is 8.74. The number of rotatable bonds is 3. The molecule has 1 aliphatic rings. The van der Waals surface area contributed by atoms with E-state index in [2.05, 4.69) is 0 Å². The molecule has 0 saturated heterocycles. The Hall–Kier alpha value is -1.10. The number of aliphatic hydroxyl groups excluding tert-OH is 1. The number of hydrogen-bond donors (Lipinski definition) is 1. The fourth-order valence-electron chi connectivity index (χ4n) is 1.72. The summed E-state index contributed by atoms with van der Waals surface area (Å²) in [5.74, 6) is -0.783. The van der Waals surface area contributed by atoms with Gasteiger partial charge >= 0.3 is 0 Å². The second-order valence-corrected chi connectivity index (χ2v) is 4.47. The third-order valence-electron chi connectivity index (χ3n) is 2.55. The zero-order valence-corrected chi connectivity index (χ0v) is 10.3. The van der Waals surface area contributed by atoms with Gasteiger partial charge in [0, 0.05) is 13.2 Å². The van der Waals surface area contributed by atoms with E-state index in [9.17, 15) is 9.59 Å². The minimum atomic E-state index is -0.392. The van der Waals surface area contributed by atoms with E-state index in [1.165, 1.54) is 12.1 Å². The quantitative estimate of drug-likeness (QED) is 0.857. The summed E-state index contributed by atoms with van der Waals surface area (Å²) in [4.78, 5) is 24.9. The van der Waals surface area contributed by atoms with E-state index in [0.717, 1.165) is 4.90 Å². The Kier molecular flexibility index (Phi) is 3.38. The molecule has 0 bridgehead atoms. The highest BCUT2D eigenvalue weighted by atomic mass is 35.5. The second kappa shape index (κ2) is 4.64. The molecular formula is C11H9Cl2NO3. The van der Waals surface area contributed by atoms with Crippen molar-refractivity contribution < 1.29 is 14.7 Å². The van der Waals surface area contributed by atoms with Crippen LogP contribution in [0.1, 0.15) is 27.1 Å². The van der Waals surface area contributed by atoms with Gasteiger partial charge in [-0.05, 0) is 18.6 Å². The molecule has 0 radical (unpaired) electrons. The summed E-state index contributed by atoms with van der Waals surface area (Å²) in [5.41, 5.74) is 0.532. The number of carbonyl (C=O) groups is 2. The van der Waals surface area contributed by atoms with Crippen LogP contribution in [-0.4, -0.2) is 35.0 Å². The third-order valence-corrected chi connectivity index (χ3v) is 3.27. The lowest BCUT2D eigenvalue weighted by molar-refractivity contribution is 0.0645. The number of hydrogen-bond acceptors (Lipinski definition) is 3. The van der Waals surface area contributed by atoms with Crippen LogP contribution in [0, 0.1) is 0 Å². The minimum absolute atomic E-state index is 0.0745. The number of amides is 2. The van der Waals surface area contributed by atoms with Crippen molar-refractivity contribution in [2.24, 2.45) is 0 Å². The molecule has 0 aliphatic carbocycles. The predicted octanol–water partition coefficient (Wildman–Crippen LogP) is 1.97. The summed E-state index contributed by atoms with van der Waals surface area (Å²) >= 11 is 11.6. The maximum atomic E-state index is 11.9. The van der Waals surface area contributed by atoms with E-state index in [0.29, 0.717) is 6.42 Å². The molecule has 1 aromatic carbocycles. The molecule has 0 spiro atoms. The molecule has 1 aliphatic heterocycles. The van der Waals surface area contributed by atoms with Gasteiger partial charge in [0.1, 0.15) is 0 Å². The molecule has 0 unspecified atom stereocenters. The number of imide groups is 1. The molecule has 1 N–H and O–H groups in total. The molecule has 1 heterocycles. The molecule has 1 aromatic rings. The summed E-state index contributed by atoms with van der Waals surface area (Å²) in [6.45, 7) is 0.118. The molecule has 0 saturated carbocycles. The normalized spacial score (nSPS) is 14.4. The van der Waals surface area contributed by atoms with E-state index in [1.54, 1.807) is 0 Å². The van der Waals surface area contributed by atoms with Gasteiger partial charge in [0.15, 0.2) is 0 Å². The van der Waals surface area contributed by atoms with Gasteiger partial charge in [-0.1, -0.05) is 23.2 Å². The van der Waals surface area contributed by atoms with Crippen molar-refractivity contribution in [1.29, 1.82) is 0 Å². The molecule has 0 fully saturated rings. The van der Waals surface area contributed by atoms with Crippen molar-refractivity contribution in [3.8, 4) is 0 Å². The Labute approximate surface area is 108 Å². The largest absolute Gasteiger partial charge is 0.396 e. The fraction of sp³-hybridized carbons (Fsp3) is 0.273. The first-order valence-electron chi connectivity index (χ1n) is 5.02. The molecule has 2 rings (SSSR count). The van der Waals surface area contributed by atoms with Gasteiger partial charge in [-0.25, -0.2) is 0 Å². The van der Waals surface area contributed by atoms with Crippen LogP contribution in [0.15, 0.2) is 12.1 Å². The third kappa shape index (κ3) is 2.04. The van der Waals surface area contributed by atoms with Gasteiger partial charge in [0.25, 0.3) is 11.8 Å². The zero-order chi connectivity index (χ0) is 12.6. The van der Waals surface area contributed by atoms with E-state index < -0.39 is 11.8 Å². The van der Waals surface area contributed by atoms with Gasteiger partial charge < -0.3 is 5.11 Å². The highest BCUT2D eigenvalue weighted by molar-refractivity contribution is 6.43. The first kappa shape index (κ1) is 12.4. The van der Waals surface area contributed by atoms with Crippen LogP contribution in [0.4, 0.5) is 0 Å². The molecular weight excluding hydrogens is 265 g/mol. The van der Waals surface area contributed by atoms with Crippen LogP contribution in [0.5, 0.6) is 0 Å². The van der Waals surface area contributed by atoms with Crippen molar-refractivity contribution >= 4 is 35.0 Å². The summed E-state index contributed by atoms with van der Waals surface area (Å²) in [5, 5.41) is 9.20. The van der Waals surface area contributed by atoms with Crippen LogP contribution in [0.25, 0.3) is 0 Å². The van der Waals surface area contributed by atoms with Crippen LogP contribution >= 0.6 is 23.2 Å². The average molecular weight is 274 g/mol. The van der Waals surface area contributed by atoms with Crippen LogP contribution in [-0.2, 0) is 0 Å². The number of fused-ring (bicyclic) bond motifs is 1. The van der Waals surface area contributed by atoms with Crippen LogP contribution in [0.3, 0.4) is 0 Å². The van der Waals surface area contributed by atoms with Crippen molar-refractivity contribution in [2.45, 2.75) is 6.42 Å². The van der Waals surface area contributed by atoms with Crippen LogP contribution in [0.2, 0.25) is 10.0 Å². The van der Waals surface area contributed by atoms with Crippen molar-refractivity contribution in [1.82, 2.24) is 4.90 Å². The van der Waals surface area contributed by atoms with Crippen molar-refractivity contribution in [3.05, 3.63) is 33.3 Å². The van der Waals surface area contributed by atoms with Gasteiger partial charge in [0.05, 0.1) is 21.2 Å². The summed E-state index contributed by atoms with van der Waals surface area (Å²) in [7, 11) is 0.